The van der Waals surface area contributed by atoms with Crippen molar-refractivity contribution in [3.8, 4) is 0 Å². The van der Waals surface area contributed by atoms with E-state index in [2.05, 4.69) is 47.2 Å². The van der Waals surface area contributed by atoms with Gasteiger partial charge < -0.3 is 10.4 Å². The van der Waals surface area contributed by atoms with Gasteiger partial charge in [0.15, 0.2) is 0 Å². The van der Waals surface area contributed by atoms with Crippen molar-refractivity contribution in [1.82, 2.24) is 5.32 Å². The van der Waals surface area contributed by atoms with Gasteiger partial charge in [-0.2, -0.15) is 0 Å². The Morgan fingerprint density at radius 1 is 1.50 bits per heavy atom. The number of hydrogen-bond acceptors (Lipinski definition) is 3. The van der Waals surface area contributed by atoms with E-state index in [1.165, 1.54) is 8.66 Å². The summed E-state index contributed by atoms with van der Waals surface area (Å²) in [4.78, 5) is 1.39. The minimum atomic E-state index is 0.0238. The normalized spacial score (nSPS) is 15.0. The SMILES string of the molecule is CCC(C)(CO)CNCCc1ccc(Br)s1. The van der Waals surface area contributed by atoms with Crippen molar-refractivity contribution < 1.29 is 5.11 Å². The third-order valence-corrected chi connectivity index (χ3v) is 4.65. The number of halogens is 1. The molecular formula is C12H20BrNOS. The molecule has 16 heavy (non-hydrogen) atoms. The molecule has 0 amide bonds. The number of thiophene rings is 1. The smallest absolute Gasteiger partial charge is 0.0701 e. The van der Waals surface area contributed by atoms with E-state index in [1.807, 2.05) is 0 Å². The van der Waals surface area contributed by atoms with Gasteiger partial charge >= 0.3 is 0 Å². The van der Waals surface area contributed by atoms with Crippen LogP contribution >= 0.6 is 27.3 Å². The number of hydrogen-bond donors (Lipinski definition) is 2. The standard InChI is InChI=1S/C12H20BrNOS/c1-3-12(2,9-15)8-14-7-6-10-4-5-11(13)16-10/h4-5,14-15H,3,6-9H2,1-2H3. The van der Waals surface area contributed by atoms with Gasteiger partial charge in [-0.15, -0.1) is 11.3 Å². The van der Waals surface area contributed by atoms with Crippen LogP contribution in [0.5, 0.6) is 0 Å². The third-order valence-electron chi connectivity index (χ3n) is 2.96. The van der Waals surface area contributed by atoms with Crippen LogP contribution in [-0.4, -0.2) is 24.8 Å². The number of rotatable bonds is 7. The second-order valence-corrected chi connectivity index (χ2v) is 7.00. The van der Waals surface area contributed by atoms with Crippen LogP contribution in [0.15, 0.2) is 15.9 Å². The molecule has 0 radical (unpaired) electrons. The average Bonchev–Trinajstić information content (AvgIpc) is 2.70. The van der Waals surface area contributed by atoms with E-state index < -0.39 is 0 Å². The van der Waals surface area contributed by atoms with Crippen molar-refractivity contribution in [3.05, 3.63) is 20.8 Å². The Kier molecular flexibility index (Phi) is 5.97. The molecule has 0 aromatic carbocycles. The molecule has 1 aromatic heterocycles. The predicted octanol–water partition coefficient (Wildman–Crippen LogP) is 3.05. The van der Waals surface area contributed by atoms with Crippen LogP contribution in [0.2, 0.25) is 0 Å². The molecule has 0 fully saturated rings. The highest BCUT2D eigenvalue weighted by atomic mass is 79.9. The molecule has 1 unspecified atom stereocenters. The first-order valence-corrected chi connectivity index (χ1v) is 7.26. The Morgan fingerprint density at radius 2 is 2.25 bits per heavy atom. The van der Waals surface area contributed by atoms with Gasteiger partial charge in [-0.1, -0.05) is 13.8 Å². The van der Waals surface area contributed by atoms with Crippen molar-refractivity contribution in [1.29, 1.82) is 0 Å². The van der Waals surface area contributed by atoms with Crippen LogP contribution in [0, 0.1) is 5.41 Å². The lowest BCUT2D eigenvalue weighted by Crippen LogP contribution is -2.35. The minimum absolute atomic E-state index is 0.0238. The van der Waals surface area contributed by atoms with E-state index in [1.54, 1.807) is 11.3 Å². The molecule has 0 aliphatic rings. The molecule has 4 heteroatoms. The van der Waals surface area contributed by atoms with Crippen molar-refractivity contribution in [2.75, 3.05) is 19.7 Å². The number of aliphatic hydroxyl groups is 1. The quantitative estimate of drug-likeness (QED) is 0.759. The fraction of sp³-hybridized carbons (Fsp3) is 0.667. The predicted molar refractivity (Wildman–Crippen MR) is 74.1 cm³/mol. The molecule has 1 atom stereocenters. The molecule has 0 saturated carbocycles. The highest BCUT2D eigenvalue weighted by Gasteiger charge is 2.19. The summed E-state index contributed by atoms with van der Waals surface area (Å²) in [6.45, 7) is 6.34. The molecule has 0 spiro atoms. The summed E-state index contributed by atoms with van der Waals surface area (Å²) < 4.78 is 1.19. The molecule has 0 saturated heterocycles. The van der Waals surface area contributed by atoms with Gasteiger partial charge in [0.25, 0.3) is 0 Å². The first-order chi connectivity index (χ1) is 7.59. The molecular weight excluding hydrogens is 286 g/mol. The van der Waals surface area contributed by atoms with Gasteiger partial charge in [-0.3, -0.25) is 0 Å². The van der Waals surface area contributed by atoms with Crippen molar-refractivity contribution in [2.24, 2.45) is 5.41 Å². The largest absolute Gasteiger partial charge is 0.396 e. The zero-order valence-corrected chi connectivity index (χ0v) is 12.3. The monoisotopic (exact) mass is 305 g/mol. The molecule has 92 valence electrons. The summed E-state index contributed by atoms with van der Waals surface area (Å²) in [7, 11) is 0. The molecule has 1 rings (SSSR count). The Balaban J connectivity index is 2.21. The minimum Gasteiger partial charge on any atom is -0.396 e. The average molecular weight is 306 g/mol. The molecule has 0 aliphatic heterocycles. The first kappa shape index (κ1) is 14.2. The Bertz CT molecular complexity index is 310. The summed E-state index contributed by atoms with van der Waals surface area (Å²) in [5, 5.41) is 12.7. The van der Waals surface area contributed by atoms with E-state index in [0.717, 1.165) is 25.9 Å². The summed E-state index contributed by atoms with van der Waals surface area (Å²) in [6.07, 6.45) is 2.06. The molecule has 1 aromatic rings. The second kappa shape index (κ2) is 6.74. The summed E-state index contributed by atoms with van der Waals surface area (Å²) >= 11 is 5.24. The highest BCUT2D eigenvalue weighted by molar-refractivity contribution is 9.11. The van der Waals surface area contributed by atoms with E-state index in [-0.39, 0.29) is 12.0 Å². The zero-order chi connectivity index (χ0) is 12.0. The number of nitrogens with one attached hydrogen (secondary N) is 1. The maximum absolute atomic E-state index is 9.26. The topological polar surface area (TPSA) is 32.3 Å². The van der Waals surface area contributed by atoms with E-state index in [0.29, 0.717) is 0 Å². The van der Waals surface area contributed by atoms with Crippen LogP contribution in [0.4, 0.5) is 0 Å². The maximum atomic E-state index is 9.26. The fourth-order valence-corrected chi connectivity index (χ4v) is 2.86. The Hall–Kier alpha value is 0.1000. The van der Waals surface area contributed by atoms with Gasteiger partial charge in [0.05, 0.1) is 3.79 Å². The van der Waals surface area contributed by atoms with Crippen LogP contribution < -0.4 is 5.32 Å². The van der Waals surface area contributed by atoms with Crippen LogP contribution in [0.1, 0.15) is 25.1 Å². The second-order valence-electron chi connectivity index (χ2n) is 4.45. The van der Waals surface area contributed by atoms with Gasteiger partial charge in [-0.05, 0) is 47.4 Å². The first-order valence-electron chi connectivity index (χ1n) is 5.65. The highest BCUT2D eigenvalue weighted by Crippen LogP contribution is 2.22. The Labute approximate surface area is 110 Å². The van der Waals surface area contributed by atoms with Crippen molar-refractivity contribution in [2.45, 2.75) is 26.7 Å². The van der Waals surface area contributed by atoms with Crippen molar-refractivity contribution >= 4 is 27.3 Å². The number of aliphatic hydroxyl groups excluding tert-OH is 1. The van der Waals surface area contributed by atoms with Gasteiger partial charge in [-0.25, -0.2) is 0 Å². The van der Waals surface area contributed by atoms with Gasteiger partial charge in [0.2, 0.25) is 0 Å². The van der Waals surface area contributed by atoms with Crippen LogP contribution in [0.3, 0.4) is 0 Å². The molecule has 0 aliphatic carbocycles. The van der Waals surface area contributed by atoms with Gasteiger partial charge in [0, 0.05) is 23.4 Å². The fourth-order valence-electron chi connectivity index (χ4n) is 1.38. The summed E-state index contributed by atoms with van der Waals surface area (Å²) in [5.41, 5.74) is 0.0238. The summed E-state index contributed by atoms with van der Waals surface area (Å²) in [6, 6.07) is 4.24. The lowest BCUT2D eigenvalue weighted by atomic mass is 9.89. The van der Waals surface area contributed by atoms with E-state index >= 15 is 0 Å². The van der Waals surface area contributed by atoms with Crippen LogP contribution in [-0.2, 0) is 6.42 Å². The molecule has 2 N–H and O–H groups in total. The van der Waals surface area contributed by atoms with Crippen LogP contribution in [0.25, 0.3) is 0 Å². The summed E-state index contributed by atoms with van der Waals surface area (Å²) in [5.74, 6) is 0. The molecule has 1 heterocycles. The third kappa shape index (κ3) is 4.53. The lowest BCUT2D eigenvalue weighted by molar-refractivity contribution is 0.136. The van der Waals surface area contributed by atoms with Gasteiger partial charge in [0.1, 0.15) is 0 Å². The van der Waals surface area contributed by atoms with E-state index in [9.17, 15) is 5.11 Å². The molecule has 0 bridgehead atoms. The van der Waals surface area contributed by atoms with Crippen molar-refractivity contribution in [3.63, 3.8) is 0 Å². The Morgan fingerprint density at radius 3 is 2.75 bits per heavy atom. The van der Waals surface area contributed by atoms with E-state index in [4.69, 9.17) is 0 Å². The molecule has 2 nitrogen and oxygen atoms in total. The lowest BCUT2D eigenvalue weighted by Gasteiger charge is -2.25. The maximum Gasteiger partial charge on any atom is 0.0701 e. The zero-order valence-electron chi connectivity index (χ0n) is 9.92.